The molecule has 0 fully saturated rings. The summed E-state index contributed by atoms with van der Waals surface area (Å²) < 4.78 is 1.59. The molecule has 0 amide bonds. The Hall–Kier alpha value is -3.78. The topological polar surface area (TPSA) is 130 Å². The molecule has 0 unspecified atom stereocenters. The van der Waals surface area contributed by atoms with E-state index >= 15 is 0 Å². The summed E-state index contributed by atoms with van der Waals surface area (Å²) in [6.07, 6.45) is 1.34. The molecule has 3 aromatic rings. The van der Waals surface area contributed by atoms with Gasteiger partial charge in [0.15, 0.2) is 5.69 Å². The van der Waals surface area contributed by atoms with Gasteiger partial charge in [-0.25, -0.2) is 14.6 Å². The van der Waals surface area contributed by atoms with Gasteiger partial charge in [-0.15, -0.1) is 0 Å². The van der Waals surface area contributed by atoms with Crippen LogP contribution in [0.4, 0.5) is 0 Å². The van der Waals surface area contributed by atoms with Crippen molar-refractivity contribution in [3.63, 3.8) is 0 Å². The molecule has 160 valence electrons. The summed E-state index contributed by atoms with van der Waals surface area (Å²) in [6, 6.07) is 13.6. The molecule has 31 heavy (non-hydrogen) atoms. The quantitative estimate of drug-likeness (QED) is 0.357. The summed E-state index contributed by atoms with van der Waals surface area (Å²) in [4.78, 5) is 39.1. The highest BCUT2D eigenvalue weighted by Gasteiger charge is 2.22. The van der Waals surface area contributed by atoms with E-state index in [0.29, 0.717) is 23.4 Å². The predicted molar refractivity (Wildman–Crippen MR) is 112 cm³/mol. The Labute approximate surface area is 178 Å². The molecule has 1 aromatic heterocycles. The van der Waals surface area contributed by atoms with Crippen LogP contribution in [-0.2, 0) is 24.4 Å². The fraction of sp³-hybridized carbons (Fsp3) is 0.217. The second-order valence-electron chi connectivity index (χ2n) is 7.00. The lowest BCUT2D eigenvalue weighted by Crippen LogP contribution is -2.14. The molecule has 0 saturated heterocycles. The average Bonchev–Trinajstić information content (AvgIpc) is 3.11. The Morgan fingerprint density at radius 2 is 1.68 bits per heavy atom. The molecule has 2 aromatic carbocycles. The maximum Gasteiger partial charge on any atom is 0.377 e. The Bertz CT molecular complexity index is 1130. The number of carboxylic acids is 2. The fourth-order valence-electron chi connectivity index (χ4n) is 3.51. The molecule has 0 bridgehead atoms. The molecule has 0 aliphatic rings. The van der Waals surface area contributed by atoms with E-state index in [0.717, 1.165) is 12.0 Å². The van der Waals surface area contributed by atoms with Crippen molar-refractivity contribution >= 4 is 17.7 Å². The third-order valence-corrected chi connectivity index (χ3v) is 4.92. The van der Waals surface area contributed by atoms with Gasteiger partial charge < -0.3 is 19.9 Å². The van der Waals surface area contributed by atoms with Crippen molar-refractivity contribution in [1.29, 1.82) is 0 Å². The number of carbonyl (C=O) groups excluding carboxylic acids is 1. The fourth-order valence-corrected chi connectivity index (χ4v) is 3.51. The third kappa shape index (κ3) is 4.54. The van der Waals surface area contributed by atoms with Crippen LogP contribution in [0.1, 0.15) is 51.3 Å². The molecule has 8 nitrogen and oxygen atoms in total. The summed E-state index contributed by atoms with van der Waals surface area (Å²) >= 11 is 0. The highest BCUT2D eigenvalue weighted by atomic mass is 16.4. The predicted octanol–water partition coefficient (Wildman–Crippen LogP) is 3.01. The van der Waals surface area contributed by atoms with Gasteiger partial charge in [0.05, 0.1) is 12.3 Å². The zero-order chi connectivity index (χ0) is 22.5. The summed E-state index contributed by atoms with van der Waals surface area (Å²) in [6.45, 7) is 1.75. The van der Waals surface area contributed by atoms with Crippen LogP contribution in [-0.4, -0.2) is 42.6 Å². The number of hydrogen-bond donors (Lipinski definition) is 3. The number of aliphatic hydroxyl groups excluding tert-OH is 1. The number of carbonyl (C=O) groups is 3. The number of ketones is 1. The number of benzene rings is 2. The van der Waals surface area contributed by atoms with Crippen LogP contribution in [0.3, 0.4) is 0 Å². The molecule has 0 spiro atoms. The van der Waals surface area contributed by atoms with E-state index in [1.54, 1.807) is 47.0 Å². The Kier molecular flexibility index (Phi) is 6.61. The number of hydrogen-bond acceptors (Lipinski definition) is 5. The summed E-state index contributed by atoms with van der Waals surface area (Å²) in [5.74, 6) is -3.07. The van der Waals surface area contributed by atoms with E-state index in [-0.39, 0.29) is 23.5 Å². The molecular formula is C23H22N2O6. The Balaban J connectivity index is 1.96. The lowest BCUT2D eigenvalue weighted by Gasteiger charge is -2.12. The minimum atomic E-state index is -1.52. The minimum Gasteiger partial charge on any atom is -0.477 e. The van der Waals surface area contributed by atoms with Crippen molar-refractivity contribution in [3.8, 4) is 11.1 Å². The highest BCUT2D eigenvalue weighted by Crippen LogP contribution is 2.25. The third-order valence-electron chi connectivity index (χ3n) is 4.92. The molecule has 3 N–H and O–H groups in total. The zero-order valence-corrected chi connectivity index (χ0v) is 16.9. The van der Waals surface area contributed by atoms with Crippen LogP contribution in [0.2, 0.25) is 0 Å². The first-order chi connectivity index (χ1) is 14.9. The monoisotopic (exact) mass is 422 g/mol. The van der Waals surface area contributed by atoms with E-state index in [2.05, 4.69) is 4.98 Å². The number of carboxylic acid groups (broad SMARTS) is 2. The van der Waals surface area contributed by atoms with Gasteiger partial charge in [-0.3, -0.25) is 4.79 Å². The van der Waals surface area contributed by atoms with Gasteiger partial charge in [-0.2, -0.15) is 0 Å². The molecule has 0 aliphatic heterocycles. The van der Waals surface area contributed by atoms with Crippen LogP contribution in [0.25, 0.3) is 11.1 Å². The first-order valence-electron chi connectivity index (χ1n) is 9.75. The molecule has 0 atom stereocenters. The number of aromatic nitrogens is 2. The van der Waals surface area contributed by atoms with Gasteiger partial charge in [0.25, 0.3) is 5.78 Å². The van der Waals surface area contributed by atoms with Crippen molar-refractivity contribution in [1.82, 2.24) is 9.55 Å². The first-order valence-corrected chi connectivity index (χ1v) is 9.75. The average molecular weight is 422 g/mol. The molecule has 1 heterocycles. The number of aliphatic carboxylic acids is 1. The van der Waals surface area contributed by atoms with Gasteiger partial charge in [-0.05, 0) is 23.1 Å². The zero-order valence-electron chi connectivity index (χ0n) is 16.9. The smallest absolute Gasteiger partial charge is 0.377 e. The van der Waals surface area contributed by atoms with Crippen molar-refractivity contribution in [3.05, 3.63) is 76.9 Å². The number of rotatable bonds is 9. The van der Waals surface area contributed by atoms with E-state index in [4.69, 9.17) is 5.11 Å². The van der Waals surface area contributed by atoms with Gasteiger partial charge in [-0.1, -0.05) is 55.5 Å². The van der Waals surface area contributed by atoms with E-state index in [1.165, 1.54) is 6.07 Å². The Morgan fingerprint density at radius 3 is 2.26 bits per heavy atom. The molecule has 0 aliphatic carbocycles. The lowest BCUT2D eigenvalue weighted by molar-refractivity contribution is -0.131. The lowest BCUT2D eigenvalue weighted by atomic mass is 9.96. The molecule has 3 rings (SSSR count). The van der Waals surface area contributed by atoms with Crippen LogP contribution in [0.5, 0.6) is 0 Å². The first kappa shape index (κ1) is 21.9. The molecule has 8 heteroatoms. The highest BCUT2D eigenvalue weighted by molar-refractivity contribution is 6.41. The van der Waals surface area contributed by atoms with Gasteiger partial charge in [0.1, 0.15) is 5.82 Å². The normalized spacial score (nSPS) is 10.8. The molecular weight excluding hydrogens is 400 g/mol. The van der Waals surface area contributed by atoms with E-state index in [9.17, 15) is 24.6 Å². The van der Waals surface area contributed by atoms with Gasteiger partial charge in [0, 0.05) is 18.5 Å². The van der Waals surface area contributed by atoms with Crippen molar-refractivity contribution in [2.45, 2.75) is 32.9 Å². The van der Waals surface area contributed by atoms with Crippen molar-refractivity contribution in [2.24, 2.45) is 0 Å². The standard InChI is InChI=1S/C23H22N2O6/c1-2-5-19-24-18(13-26)20(22(28)29)25(19)12-14-8-10-15(11-9-14)16-6-3-4-7-17(16)21(27)23(30)31/h3-4,6-11,26H,2,5,12-13H2,1H3,(H,28,29)(H,30,31). The number of nitrogens with zero attached hydrogens (tertiary/aromatic N) is 2. The van der Waals surface area contributed by atoms with Crippen molar-refractivity contribution < 1.29 is 29.7 Å². The number of Topliss-reactive ketones (excluding diaryl/α,β-unsaturated/α-hetero) is 1. The summed E-state index contributed by atoms with van der Waals surface area (Å²) in [5, 5.41) is 28.2. The second-order valence-corrected chi connectivity index (χ2v) is 7.00. The number of imidazole rings is 1. The van der Waals surface area contributed by atoms with Crippen LogP contribution in [0, 0.1) is 0 Å². The number of aliphatic hydroxyl groups is 1. The van der Waals surface area contributed by atoms with Crippen LogP contribution in [0.15, 0.2) is 48.5 Å². The molecule has 0 radical (unpaired) electrons. The number of aryl methyl sites for hydroxylation is 1. The van der Waals surface area contributed by atoms with Crippen LogP contribution < -0.4 is 0 Å². The number of aromatic carboxylic acids is 1. The van der Waals surface area contributed by atoms with Crippen molar-refractivity contribution in [2.75, 3.05) is 0 Å². The molecule has 0 saturated carbocycles. The summed E-state index contributed by atoms with van der Waals surface area (Å²) in [7, 11) is 0. The minimum absolute atomic E-state index is 0.0348. The second kappa shape index (κ2) is 9.36. The van der Waals surface area contributed by atoms with Gasteiger partial charge >= 0.3 is 11.9 Å². The van der Waals surface area contributed by atoms with E-state index < -0.39 is 24.3 Å². The van der Waals surface area contributed by atoms with Crippen LogP contribution >= 0.6 is 0 Å². The largest absolute Gasteiger partial charge is 0.477 e. The van der Waals surface area contributed by atoms with Gasteiger partial charge in [0.2, 0.25) is 0 Å². The maximum atomic E-state index is 12.0. The maximum absolute atomic E-state index is 12.0. The summed E-state index contributed by atoms with van der Waals surface area (Å²) in [5.41, 5.74) is 2.17. The van der Waals surface area contributed by atoms with E-state index in [1.807, 2.05) is 6.92 Å². The SMILES string of the molecule is CCCc1nc(CO)c(C(=O)O)n1Cc1ccc(-c2ccccc2C(=O)C(=O)O)cc1. The Morgan fingerprint density at radius 1 is 1.00 bits per heavy atom.